The van der Waals surface area contributed by atoms with Crippen molar-refractivity contribution in [1.82, 2.24) is 9.80 Å². The summed E-state index contributed by atoms with van der Waals surface area (Å²) in [5.74, 6) is -0.130. The molecule has 1 saturated heterocycles. The highest BCUT2D eigenvalue weighted by Crippen LogP contribution is 2.41. The number of likely N-dealkylation sites (tertiary alicyclic amines) is 1. The molecule has 7 heteroatoms. The van der Waals surface area contributed by atoms with Gasteiger partial charge in [-0.1, -0.05) is 6.07 Å². The average Bonchev–Trinajstić information content (AvgIpc) is 3.02. The van der Waals surface area contributed by atoms with Gasteiger partial charge < -0.3 is 9.64 Å². The van der Waals surface area contributed by atoms with Gasteiger partial charge in [0.15, 0.2) is 5.78 Å². The molecule has 0 N–H and O–H groups in total. The second kappa shape index (κ2) is 7.79. The minimum absolute atomic E-state index is 0.0926. The molecule has 0 bridgehead atoms. The van der Waals surface area contributed by atoms with Crippen molar-refractivity contribution in [2.24, 2.45) is 0 Å². The Balaban J connectivity index is 1.33. The van der Waals surface area contributed by atoms with Gasteiger partial charge in [0, 0.05) is 37.5 Å². The largest absolute Gasteiger partial charge is 0.486 e. The Morgan fingerprint density at radius 2 is 1.65 bits per heavy atom. The first-order chi connectivity index (χ1) is 16.1. The molecule has 3 aliphatic rings. The zero-order chi connectivity index (χ0) is 24.4. The van der Waals surface area contributed by atoms with Crippen LogP contribution in [0.25, 0.3) is 0 Å². The lowest BCUT2D eigenvalue weighted by molar-refractivity contribution is -0.00583. The molecule has 0 atom stereocenters. The number of amides is 3. The molecule has 0 unspecified atom stereocenters. The maximum Gasteiger partial charge on any atom is 0.261 e. The summed E-state index contributed by atoms with van der Waals surface area (Å²) in [5, 5.41) is 0. The van der Waals surface area contributed by atoms with Crippen molar-refractivity contribution in [2.45, 2.75) is 58.6 Å². The summed E-state index contributed by atoms with van der Waals surface area (Å²) in [4.78, 5) is 54.4. The fourth-order valence-corrected chi connectivity index (χ4v) is 5.46. The second-order valence-corrected chi connectivity index (χ2v) is 9.97. The highest BCUT2D eigenvalue weighted by atomic mass is 16.5. The number of imide groups is 1. The highest BCUT2D eigenvalue weighted by Gasteiger charge is 2.44. The van der Waals surface area contributed by atoms with E-state index in [4.69, 9.17) is 4.74 Å². The maximum absolute atomic E-state index is 13.2. The number of ketones is 1. The monoisotopic (exact) mass is 460 g/mol. The van der Waals surface area contributed by atoms with Gasteiger partial charge in [-0.05, 0) is 63.1 Å². The summed E-state index contributed by atoms with van der Waals surface area (Å²) in [5.41, 5.74) is 3.06. The number of hydrogen-bond acceptors (Lipinski definition) is 5. The molecule has 3 heterocycles. The Morgan fingerprint density at radius 1 is 0.971 bits per heavy atom. The Bertz CT molecular complexity index is 1250. The maximum atomic E-state index is 13.2. The number of piperidine rings is 1. The lowest BCUT2D eigenvalue weighted by Crippen LogP contribution is -2.52. The molecule has 0 aromatic heterocycles. The first kappa shape index (κ1) is 22.3. The van der Waals surface area contributed by atoms with Crippen LogP contribution in [0.5, 0.6) is 5.75 Å². The summed E-state index contributed by atoms with van der Waals surface area (Å²) in [7, 11) is 0. The van der Waals surface area contributed by atoms with Gasteiger partial charge >= 0.3 is 0 Å². The van der Waals surface area contributed by atoms with Crippen LogP contribution in [0, 0.1) is 13.8 Å². The van der Waals surface area contributed by atoms with E-state index in [1.165, 1.54) is 11.0 Å². The van der Waals surface area contributed by atoms with Gasteiger partial charge in [0.25, 0.3) is 17.7 Å². The Kier molecular flexibility index (Phi) is 5.11. The predicted octanol–water partition coefficient (Wildman–Crippen LogP) is 3.95. The summed E-state index contributed by atoms with van der Waals surface area (Å²) in [6.45, 7) is 8.40. The van der Waals surface area contributed by atoms with Crippen molar-refractivity contribution in [3.63, 3.8) is 0 Å². The second-order valence-electron chi connectivity index (χ2n) is 9.97. The number of nitrogens with zero attached hydrogens (tertiary/aromatic N) is 2. The number of benzene rings is 2. The summed E-state index contributed by atoms with van der Waals surface area (Å²) >= 11 is 0. The molecule has 5 rings (SSSR count). The van der Waals surface area contributed by atoms with Gasteiger partial charge in [-0.2, -0.15) is 0 Å². The minimum atomic E-state index is -0.598. The number of hydrogen-bond donors (Lipinski definition) is 0. The van der Waals surface area contributed by atoms with E-state index in [0.717, 1.165) is 11.1 Å². The van der Waals surface area contributed by atoms with Gasteiger partial charge in [0.05, 0.1) is 23.1 Å². The van der Waals surface area contributed by atoms with E-state index in [1.807, 2.05) is 26.0 Å². The molecule has 34 heavy (non-hydrogen) atoms. The van der Waals surface area contributed by atoms with Crippen LogP contribution in [0.4, 0.5) is 0 Å². The standard InChI is InChI=1S/C27H28N2O5/c1-15(2)29-25(32)19-6-5-18(13-20(19)26(29)33)24(31)28-9-7-27(8-10-28)14-21(30)23-17(4)11-16(3)12-22(23)34-27/h5-6,11-13,15H,7-10,14H2,1-4H3. The predicted molar refractivity (Wildman–Crippen MR) is 125 cm³/mol. The normalized spacial score (nSPS) is 18.9. The quantitative estimate of drug-likeness (QED) is 0.634. The molecule has 0 saturated carbocycles. The lowest BCUT2D eigenvalue weighted by Gasteiger charge is -2.44. The number of Topliss-reactive ketones (excluding diaryl/α,β-unsaturated/α-hetero) is 1. The van der Waals surface area contributed by atoms with E-state index in [9.17, 15) is 19.2 Å². The number of carbonyl (C=O) groups is 4. The van der Waals surface area contributed by atoms with Crippen molar-refractivity contribution in [3.8, 4) is 5.75 Å². The number of fused-ring (bicyclic) bond motifs is 2. The van der Waals surface area contributed by atoms with Crippen molar-refractivity contribution < 1.29 is 23.9 Å². The molecular weight excluding hydrogens is 432 g/mol. The Morgan fingerprint density at radius 3 is 2.32 bits per heavy atom. The molecule has 3 aliphatic heterocycles. The summed E-state index contributed by atoms with van der Waals surface area (Å²) in [6.07, 6.45) is 1.42. The number of rotatable bonds is 2. The van der Waals surface area contributed by atoms with E-state index >= 15 is 0 Å². The van der Waals surface area contributed by atoms with Crippen LogP contribution in [0.3, 0.4) is 0 Å². The Labute approximate surface area is 198 Å². The first-order valence-corrected chi connectivity index (χ1v) is 11.7. The van der Waals surface area contributed by atoms with Gasteiger partial charge in [-0.25, -0.2) is 0 Å². The fraction of sp³-hybridized carbons (Fsp3) is 0.407. The molecule has 2 aromatic carbocycles. The van der Waals surface area contributed by atoms with Crippen molar-refractivity contribution in [1.29, 1.82) is 0 Å². The summed E-state index contributed by atoms with van der Waals surface area (Å²) in [6, 6.07) is 8.38. The third-order valence-corrected chi connectivity index (χ3v) is 7.17. The Hall–Kier alpha value is -3.48. The van der Waals surface area contributed by atoms with Gasteiger partial charge in [0.1, 0.15) is 11.4 Å². The molecule has 3 amide bonds. The number of aryl methyl sites for hydroxylation is 2. The summed E-state index contributed by atoms with van der Waals surface area (Å²) < 4.78 is 6.40. The molecule has 1 fully saturated rings. The van der Waals surface area contributed by atoms with E-state index < -0.39 is 5.60 Å². The smallest absolute Gasteiger partial charge is 0.261 e. The molecule has 1 spiro atoms. The minimum Gasteiger partial charge on any atom is -0.486 e. The van der Waals surface area contributed by atoms with Crippen LogP contribution in [0.2, 0.25) is 0 Å². The van der Waals surface area contributed by atoms with Gasteiger partial charge in [-0.15, -0.1) is 0 Å². The van der Waals surface area contributed by atoms with E-state index in [1.54, 1.807) is 30.9 Å². The third-order valence-electron chi connectivity index (χ3n) is 7.17. The first-order valence-electron chi connectivity index (χ1n) is 11.7. The van der Waals surface area contributed by atoms with E-state index in [-0.39, 0.29) is 35.1 Å². The van der Waals surface area contributed by atoms with Crippen LogP contribution in [0.15, 0.2) is 30.3 Å². The van der Waals surface area contributed by atoms with Gasteiger partial charge in [-0.3, -0.25) is 24.1 Å². The van der Waals surface area contributed by atoms with Crippen LogP contribution in [-0.4, -0.2) is 58.0 Å². The highest BCUT2D eigenvalue weighted by molar-refractivity contribution is 6.22. The van der Waals surface area contributed by atoms with Crippen molar-refractivity contribution >= 4 is 23.5 Å². The average molecular weight is 461 g/mol. The molecule has 176 valence electrons. The van der Waals surface area contributed by atoms with Crippen molar-refractivity contribution in [3.05, 3.63) is 63.7 Å². The number of ether oxygens (including phenoxy) is 1. The molecule has 0 radical (unpaired) electrons. The molecule has 2 aromatic rings. The number of carbonyl (C=O) groups excluding carboxylic acids is 4. The lowest BCUT2D eigenvalue weighted by atomic mass is 9.81. The van der Waals surface area contributed by atoms with E-state index in [2.05, 4.69) is 0 Å². The van der Waals surface area contributed by atoms with Crippen LogP contribution < -0.4 is 4.74 Å². The van der Waals surface area contributed by atoms with Crippen LogP contribution in [-0.2, 0) is 0 Å². The van der Waals surface area contributed by atoms with Crippen molar-refractivity contribution in [2.75, 3.05) is 13.1 Å². The topological polar surface area (TPSA) is 84.0 Å². The molecule has 7 nitrogen and oxygen atoms in total. The molecular formula is C27H28N2O5. The zero-order valence-corrected chi connectivity index (χ0v) is 19.9. The SMILES string of the molecule is Cc1cc(C)c2c(c1)OC1(CCN(C(=O)c3ccc4c(c3)C(=O)N(C(C)C)C4=O)CC1)CC2=O. The molecule has 0 aliphatic carbocycles. The van der Waals surface area contributed by atoms with Gasteiger partial charge in [0.2, 0.25) is 0 Å². The third kappa shape index (κ3) is 3.42. The van der Waals surface area contributed by atoms with Crippen LogP contribution >= 0.6 is 0 Å². The fourth-order valence-electron chi connectivity index (χ4n) is 5.46. The van der Waals surface area contributed by atoms with Crippen LogP contribution in [0.1, 0.15) is 85.7 Å². The zero-order valence-electron chi connectivity index (χ0n) is 19.9. The van der Waals surface area contributed by atoms with E-state index in [0.29, 0.717) is 54.8 Å².